The number of rotatable bonds is 4. The van der Waals surface area contributed by atoms with Gasteiger partial charge in [-0.3, -0.25) is 4.79 Å². The average Bonchev–Trinajstić information content (AvgIpc) is 2.68. The predicted molar refractivity (Wildman–Crippen MR) is 67.3 cm³/mol. The molecule has 0 bridgehead atoms. The minimum absolute atomic E-state index is 0.683. The van der Waals surface area contributed by atoms with Crippen molar-refractivity contribution < 1.29 is 4.79 Å². The zero-order chi connectivity index (χ0) is 12.4. The first-order valence-electron chi connectivity index (χ1n) is 6.02. The Hall–Kier alpha value is -1.71. The van der Waals surface area contributed by atoms with E-state index in [1.165, 1.54) is 0 Å². The van der Waals surface area contributed by atoms with Crippen molar-refractivity contribution in [3.05, 3.63) is 23.3 Å². The zero-order valence-electron chi connectivity index (χ0n) is 10.5. The summed E-state index contributed by atoms with van der Waals surface area (Å²) < 4.78 is 2.01. The van der Waals surface area contributed by atoms with Gasteiger partial charge in [0.15, 0.2) is 6.29 Å². The van der Waals surface area contributed by atoms with Crippen LogP contribution in [0.3, 0.4) is 0 Å². The third kappa shape index (κ3) is 1.95. The quantitative estimate of drug-likeness (QED) is 0.760. The van der Waals surface area contributed by atoms with Gasteiger partial charge in [-0.15, -0.1) is 0 Å². The SMILES string of the molecule is CCCc1nc(C)c2c(C=O)cn(CC)c2n1. The summed E-state index contributed by atoms with van der Waals surface area (Å²) in [5.41, 5.74) is 2.46. The summed E-state index contributed by atoms with van der Waals surface area (Å²) in [6, 6.07) is 0. The van der Waals surface area contributed by atoms with Crippen LogP contribution in [0.2, 0.25) is 0 Å². The first kappa shape index (κ1) is 11.8. The highest BCUT2D eigenvalue weighted by molar-refractivity contribution is 5.97. The molecule has 0 fully saturated rings. The van der Waals surface area contributed by atoms with Crippen molar-refractivity contribution >= 4 is 17.3 Å². The van der Waals surface area contributed by atoms with Crippen LogP contribution < -0.4 is 0 Å². The van der Waals surface area contributed by atoms with Crippen molar-refractivity contribution in [3.63, 3.8) is 0 Å². The molecule has 17 heavy (non-hydrogen) atoms. The number of aryl methyl sites for hydroxylation is 3. The lowest BCUT2D eigenvalue weighted by molar-refractivity contribution is 0.112. The predicted octanol–water partition coefficient (Wildman–Crippen LogP) is 2.52. The lowest BCUT2D eigenvalue weighted by Crippen LogP contribution is -2.01. The first-order chi connectivity index (χ1) is 8.21. The summed E-state index contributed by atoms with van der Waals surface area (Å²) >= 11 is 0. The molecule has 0 saturated heterocycles. The summed E-state index contributed by atoms with van der Waals surface area (Å²) in [4.78, 5) is 20.1. The van der Waals surface area contributed by atoms with Gasteiger partial charge in [-0.05, 0) is 20.3 Å². The number of fused-ring (bicyclic) bond motifs is 1. The molecule has 0 N–H and O–H groups in total. The maximum atomic E-state index is 11.0. The Bertz CT molecular complexity index is 557. The molecule has 0 unspecified atom stereocenters. The maximum Gasteiger partial charge on any atom is 0.152 e. The Morgan fingerprint density at radius 2 is 2.12 bits per heavy atom. The molecule has 0 aliphatic carbocycles. The highest BCUT2D eigenvalue weighted by Gasteiger charge is 2.13. The van der Waals surface area contributed by atoms with Crippen LogP contribution >= 0.6 is 0 Å². The summed E-state index contributed by atoms with van der Waals surface area (Å²) in [5, 5.41) is 0.890. The summed E-state index contributed by atoms with van der Waals surface area (Å²) in [6.45, 7) is 6.91. The number of aromatic nitrogens is 3. The minimum atomic E-state index is 0.683. The van der Waals surface area contributed by atoms with Gasteiger partial charge in [0, 0.05) is 24.7 Å². The molecule has 0 spiro atoms. The highest BCUT2D eigenvalue weighted by atomic mass is 16.1. The molecule has 4 heteroatoms. The fraction of sp³-hybridized carbons (Fsp3) is 0.462. The number of aldehydes is 1. The lowest BCUT2D eigenvalue weighted by atomic mass is 10.2. The topological polar surface area (TPSA) is 47.8 Å². The van der Waals surface area contributed by atoms with Crippen LogP contribution in [0.5, 0.6) is 0 Å². The molecule has 2 heterocycles. The number of carbonyl (C=O) groups excluding carboxylic acids is 1. The second-order valence-corrected chi connectivity index (χ2v) is 4.16. The van der Waals surface area contributed by atoms with E-state index in [1.807, 2.05) is 24.6 Å². The van der Waals surface area contributed by atoms with E-state index in [1.54, 1.807) is 0 Å². The number of hydrogen-bond acceptors (Lipinski definition) is 3. The van der Waals surface area contributed by atoms with Crippen LogP contribution in [0.15, 0.2) is 6.20 Å². The molecule has 4 nitrogen and oxygen atoms in total. The van der Waals surface area contributed by atoms with Crippen LogP contribution in [0.1, 0.15) is 42.1 Å². The van der Waals surface area contributed by atoms with Crippen molar-refractivity contribution in [1.29, 1.82) is 0 Å². The Labute approximate surface area is 101 Å². The fourth-order valence-corrected chi connectivity index (χ4v) is 2.12. The van der Waals surface area contributed by atoms with Gasteiger partial charge in [0.05, 0.1) is 11.1 Å². The molecular weight excluding hydrogens is 214 g/mol. The standard InChI is InChI=1S/C13H17N3O/c1-4-6-11-14-9(3)12-10(8-17)7-16(5-2)13(12)15-11/h7-8H,4-6H2,1-3H3. The highest BCUT2D eigenvalue weighted by Crippen LogP contribution is 2.21. The van der Waals surface area contributed by atoms with Gasteiger partial charge >= 0.3 is 0 Å². The second-order valence-electron chi connectivity index (χ2n) is 4.16. The van der Waals surface area contributed by atoms with Gasteiger partial charge in [-0.25, -0.2) is 9.97 Å². The third-order valence-electron chi connectivity index (χ3n) is 2.91. The number of nitrogens with zero attached hydrogens (tertiary/aromatic N) is 3. The van der Waals surface area contributed by atoms with Crippen molar-refractivity contribution in [1.82, 2.24) is 14.5 Å². The number of hydrogen-bond donors (Lipinski definition) is 0. The molecule has 0 atom stereocenters. The first-order valence-corrected chi connectivity index (χ1v) is 6.02. The van der Waals surface area contributed by atoms with Crippen LogP contribution in [0.4, 0.5) is 0 Å². The van der Waals surface area contributed by atoms with Gasteiger partial charge in [-0.1, -0.05) is 6.92 Å². The molecular formula is C13H17N3O. The molecule has 0 aromatic carbocycles. The Morgan fingerprint density at radius 1 is 1.35 bits per heavy atom. The Morgan fingerprint density at radius 3 is 2.71 bits per heavy atom. The van der Waals surface area contributed by atoms with Gasteiger partial charge in [-0.2, -0.15) is 0 Å². The van der Waals surface area contributed by atoms with Crippen LogP contribution in [0.25, 0.3) is 11.0 Å². The molecule has 0 amide bonds. The second kappa shape index (κ2) is 4.65. The van der Waals surface area contributed by atoms with Crippen molar-refractivity contribution in [2.45, 2.75) is 40.2 Å². The smallest absolute Gasteiger partial charge is 0.152 e. The summed E-state index contributed by atoms with van der Waals surface area (Å²) in [7, 11) is 0. The molecule has 0 aliphatic rings. The Balaban J connectivity index is 2.72. The van der Waals surface area contributed by atoms with E-state index in [0.717, 1.165) is 48.2 Å². The van der Waals surface area contributed by atoms with Gasteiger partial charge in [0.1, 0.15) is 11.5 Å². The molecule has 90 valence electrons. The van der Waals surface area contributed by atoms with E-state index in [-0.39, 0.29) is 0 Å². The molecule has 0 saturated carbocycles. The molecule has 2 rings (SSSR count). The minimum Gasteiger partial charge on any atom is -0.332 e. The van der Waals surface area contributed by atoms with E-state index in [9.17, 15) is 4.79 Å². The molecule has 0 aliphatic heterocycles. The molecule has 0 radical (unpaired) electrons. The van der Waals surface area contributed by atoms with E-state index in [2.05, 4.69) is 16.9 Å². The van der Waals surface area contributed by atoms with Gasteiger partial charge in [0.25, 0.3) is 0 Å². The maximum absolute atomic E-state index is 11.0. The van der Waals surface area contributed by atoms with Crippen LogP contribution in [-0.4, -0.2) is 20.8 Å². The van der Waals surface area contributed by atoms with Crippen molar-refractivity contribution in [3.8, 4) is 0 Å². The molecule has 2 aromatic heterocycles. The summed E-state index contributed by atoms with van der Waals surface area (Å²) in [5.74, 6) is 0.864. The van der Waals surface area contributed by atoms with E-state index >= 15 is 0 Å². The summed E-state index contributed by atoms with van der Waals surface area (Å²) in [6.07, 6.45) is 4.64. The van der Waals surface area contributed by atoms with E-state index in [0.29, 0.717) is 5.56 Å². The third-order valence-corrected chi connectivity index (χ3v) is 2.91. The van der Waals surface area contributed by atoms with Crippen LogP contribution in [-0.2, 0) is 13.0 Å². The van der Waals surface area contributed by atoms with Crippen LogP contribution in [0, 0.1) is 6.92 Å². The van der Waals surface area contributed by atoms with Crippen molar-refractivity contribution in [2.75, 3.05) is 0 Å². The normalized spacial score (nSPS) is 11.0. The van der Waals surface area contributed by atoms with E-state index < -0.39 is 0 Å². The van der Waals surface area contributed by atoms with E-state index in [4.69, 9.17) is 0 Å². The molecule has 2 aromatic rings. The number of carbonyl (C=O) groups is 1. The van der Waals surface area contributed by atoms with Gasteiger partial charge < -0.3 is 4.57 Å². The fourth-order valence-electron chi connectivity index (χ4n) is 2.12. The monoisotopic (exact) mass is 231 g/mol. The zero-order valence-corrected chi connectivity index (χ0v) is 10.5. The van der Waals surface area contributed by atoms with Gasteiger partial charge in [0.2, 0.25) is 0 Å². The lowest BCUT2D eigenvalue weighted by Gasteiger charge is -2.04. The largest absolute Gasteiger partial charge is 0.332 e. The van der Waals surface area contributed by atoms with Crippen molar-refractivity contribution in [2.24, 2.45) is 0 Å². The Kier molecular flexibility index (Phi) is 3.22. The average molecular weight is 231 g/mol.